The number of nitrogens with zero attached hydrogens (tertiary/aromatic N) is 3. The van der Waals surface area contributed by atoms with Crippen LogP contribution >= 0.6 is 12.2 Å². The highest BCUT2D eigenvalue weighted by Gasteiger charge is 2.05. The number of carbonyl (C=O) groups excluding carboxylic acids is 1. The van der Waals surface area contributed by atoms with E-state index in [-0.39, 0.29) is 17.4 Å². The molecule has 86 valence electrons. The summed E-state index contributed by atoms with van der Waals surface area (Å²) in [5, 5.41) is 2.79. The SMILES string of the molecule is CN(C)C(=O)CNc1nccc(C(N)=S)n1. The van der Waals surface area contributed by atoms with Gasteiger partial charge in [-0.2, -0.15) is 0 Å². The monoisotopic (exact) mass is 239 g/mol. The Morgan fingerprint density at radius 1 is 1.62 bits per heavy atom. The lowest BCUT2D eigenvalue weighted by Gasteiger charge is -2.10. The van der Waals surface area contributed by atoms with Gasteiger partial charge in [0.1, 0.15) is 10.7 Å². The molecule has 0 unspecified atom stereocenters. The number of hydrogen-bond donors (Lipinski definition) is 2. The highest BCUT2D eigenvalue weighted by molar-refractivity contribution is 7.80. The summed E-state index contributed by atoms with van der Waals surface area (Å²) in [6, 6.07) is 1.61. The van der Waals surface area contributed by atoms with E-state index in [0.717, 1.165) is 0 Å². The zero-order chi connectivity index (χ0) is 12.1. The fourth-order valence-electron chi connectivity index (χ4n) is 0.894. The molecule has 6 nitrogen and oxygen atoms in total. The molecule has 0 fully saturated rings. The van der Waals surface area contributed by atoms with E-state index >= 15 is 0 Å². The first-order valence-electron chi connectivity index (χ1n) is 4.57. The maximum absolute atomic E-state index is 11.3. The largest absolute Gasteiger partial charge is 0.388 e. The molecule has 16 heavy (non-hydrogen) atoms. The summed E-state index contributed by atoms with van der Waals surface area (Å²) in [5.74, 6) is 0.268. The minimum absolute atomic E-state index is 0.0654. The smallest absolute Gasteiger partial charge is 0.241 e. The van der Waals surface area contributed by atoms with Gasteiger partial charge in [0.2, 0.25) is 11.9 Å². The van der Waals surface area contributed by atoms with Gasteiger partial charge in [0.25, 0.3) is 0 Å². The molecule has 0 radical (unpaired) electrons. The Bertz CT molecular complexity index is 407. The lowest BCUT2D eigenvalue weighted by atomic mass is 10.4. The Morgan fingerprint density at radius 2 is 2.31 bits per heavy atom. The quantitative estimate of drug-likeness (QED) is 0.696. The number of hydrogen-bond acceptors (Lipinski definition) is 5. The van der Waals surface area contributed by atoms with Crippen molar-refractivity contribution in [1.29, 1.82) is 0 Å². The number of carbonyl (C=O) groups is 1. The third-order valence-electron chi connectivity index (χ3n) is 1.80. The molecule has 0 atom stereocenters. The number of amides is 1. The van der Waals surface area contributed by atoms with Crippen LogP contribution in [0.5, 0.6) is 0 Å². The molecule has 0 bridgehead atoms. The predicted octanol–water partition coefficient (Wildman–Crippen LogP) is -0.389. The number of anilines is 1. The zero-order valence-electron chi connectivity index (χ0n) is 9.10. The molecular weight excluding hydrogens is 226 g/mol. The lowest BCUT2D eigenvalue weighted by molar-refractivity contribution is -0.126. The van der Waals surface area contributed by atoms with Gasteiger partial charge in [0.15, 0.2) is 0 Å². The first-order valence-corrected chi connectivity index (χ1v) is 4.98. The van der Waals surface area contributed by atoms with E-state index in [9.17, 15) is 4.79 Å². The maximum Gasteiger partial charge on any atom is 0.241 e. The fourth-order valence-corrected chi connectivity index (χ4v) is 1.01. The average Bonchev–Trinajstić information content (AvgIpc) is 2.26. The molecule has 1 amide bonds. The molecular formula is C9H13N5OS. The Balaban J connectivity index is 2.64. The summed E-state index contributed by atoms with van der Waals surface area (Å²) in [7, 11) is 3.35. The Kier molecular flexibility index (Phi) is 4.12. The molecule has 0 spiro atoms. The number of likely N-dealkylation sites (N-methyl/N-ethyl adjacent to an activating group) is 1. The van der Waals surface area contributed by atoms with E-state index < -0.39 is 0 Å². The van der Waals surface area contributed by atoms with E-state index in [1.54, 1.807) is 20.2 Å². The van der Waals surface area contributed by atoms with E-state index in [4.69, 9.17) is 18.0 Å². The van der Waals surface area contributed by atoms with Crippen molar-refractivity contribution in [3.63, 3.8) is 0 Å². The minimum atomic E-state index is -0.0654. The van der Waals surface area contributed by atoms with Crippen LogP contribution in [0.3, 0.4) is 0 Å². The molecule has 0 saturated carbocycles. The van der Waals surface area contributed by atoms with Crippen molar-refractivity contribution < 1.29 is 4.79 Å². The van der Waals surface area contributed by atoms with Gasteiger partial charge in [-0.15, -0.1) is 0 Å². The second-order valence-corrected chi connectivity index (χ2v) is 3.71. The lowest BCUT2D eigenvalue weighted by Crippen LogP contribution is -2.29. The second kappa shape index (κ2) is 5.36. The number of rotatable bonds is 4. The molecule has 1 heterocycles. The van der Waals surface area contributed by atoms with Gasteiger partial charge in [-0.25, -0.2) is 9.97 Å². The molecule has 1 aromatic heterocycles. The van der Waals surface area contributed by atoms with Crippen LogP contribution < -0.4 is 11.1 Å². The summed E-state index contributed by atoms with van der Waals surface area (Å²) < 4.78 is 0. The predicted molar refractivity (Wildman–Crippen MR) is 65.1 cm³/mol. The van der Waals surface area contributed by atoms with Crippen LogP contribution in [-0.2, 0) is 4.79 Å². The van der Waals surface area contributed by atoms with Crippen molar-refractivity contribution in [3.8, 4) is 0 Å². The maximum atomic E-state index is 11.3. The summed E-state index contributed by atoms with van der Waals surface area (Å²) in [5.41, 5.74) is 5.90. The Morgan fingerprint density at radius 3 is 2.88 bits per heavy atom. The van der Waals surface area contributed by atoms with E-state index in [2.05, 4.69) is 15.3 Å². The van der Waals surface area contributed by atoms with Crippen LogP contribution in [-0.4, -0.2) is 46.4 Å². The van der Waals surface area contributed by atoms with Crippen molar-refractivity contribution in [2.24, 2.45) is 5.73 Å². The molecule has 3 N–H and O–H groups in total. The fraction of sp³-hybridized carbons (Fsp3) is 0.333. The topological polar surface area (TPSA) is 84.1 Å². The van der Waals surface area contributed by atoms with Crippen LogP contribution in [0.2, 0.25) is 0 Å². The average molecular weight is 239 g/mol. The van der Waals surface area contributed by atoms with Gasteiger partial charge in [0.05, 0.1) is 6.54 Å². The first-order chi connectivity index (χ1) is 7.50. The number of aromatic nitrogens is 2. The Labute approximate surface area is 98.9 Å². The van der Waals surface area contributed by atoms with Crippen LogP contribution in [0.15, 0.2) is 12.3 Å². The molecule has 0 saturated heterocycles. The van der Waals surface area contributed by atoms with E-state index in [0.29, 0.717) is 11.6 Å². The van der Waals surface area contributed by atoms with Gasteiger partial charge in [0, 0.05) is 20.3 Å². The highest BCUT2D eigenvalue weighted by atomic mass is 32.1. The number of nitrogens with one attached hydrogen (secondary N) is 1. The van der Waals surface area contributed by atoms with Crippen molar-refractivity contribution in [2.45, 2.75) is 0 Å². The van der Waals surface area contributed by atoms with Crippen LogP contribution in [0.4, 0.5) is 5.95 Å². The first kappa shape index (κ1) is 12.3. The van der Waals surface area contributed by atoms with Gasteiger partial charge in [-0.1, -0.05) is 12.2 Å². The molecule has 7 heteroatoms. The zero-order valence-corrected chi connectivity index (χ0v) is 9.91. The second-order valence-electron chi connectivity index (χ2n) is 3.27. The summed E-state index contributed by atoms with van der Waals surface area (Å²) in [4.78, 5) is 21.0. The third kappa shape index (κ3) is 3.43. The standard InChI is InChI=1S/C9H13N5OS/c1-14(2)7(15)5-12-9-11-4-3-6(13-9)8(10)16/h3-4H,5H2,1-2H3,(H2,10,16)(H,11,12,13). The molecule has 1 aromatic rings. The van der Waals surface area contributed by atoms with Gasteiger partial charge >= 0.3 is 0 Å². The van der Waals surface area contributed by atoms with Crippen LogP contribution in [0, 0.1) is 0 Å². The molecule has 0 aliphatic heterocycles. The minimum Gasteiger partial charge on any atom is -0.388 e. The highest BCUT2D eigenvalue weighted by Crippen LogP contribution is 2.00. The Hall–Kier alpha value is -1.76. The van der Waals surface area contributed by atoms with Crippen LogP contribution in [0.25, 0.3) is 0 Å². The van der Waals surface area contributed by atoms with Crippen LogP contribution in [0.1, 0.15) is 5.69 Å². The van der Waals surface area contributed by atoms with Gasteiger partial charge < -0.3 is 16.0 Å². The van der Waals surface area contributed by atoms with E-state index in [1.165, 1.54) is 11.1 Å². The summed E-state index contributed by atoms with van der Waals surface area (Å²) >= 11 is 4.78. The summed E-state index contributed by atoms with van der Waals surface area (Å²) in [6.07, 6.45) is 1.53. The van der Waals surface area contributed by atoms with Crippen molar-refractivity contribution in [2.75, 3.05) is 26.0 Å². The van der Waals surface area contributed by atoms with Gasteiger partial charge in [-0.3, -0.25) is 4.79 Å². The molecule has 0 aromatic carbocycles. The van der Waals surface area contributed by atoms with Crippen molar-refractivity contribution in [3.05, 3.63) is 18.0 Å². The van der Waals surface area contributed by atoms with Crippen molar-refractivity contribution >= 4 is 29.1 Å². The van der Waals surface area contributed by atoms with Crippen molar-refractivity contribution in [1.82, 2.24) is 14.9 Å². The molecule has 0 aliphatic carbocycles. The van der Waals surface area contributed by atoms with Gasteiger partial charge in [-0.05, 0) is 6.07 Å². The molecule has 0 aliphatic rings. The summed E-state index contributed by atoms with van der Waals surface area (Å²) in [6.45, 7) is 0.133. The van der Waals surface area contributed by atoms with E-state index in [1.807, 2.05) is 0 Å². The number of nitrogens with two attached hydrogens (primary N) is 1. The third-order valence-corrected chi connectivity index (χ3v) is 2.01. The normalized spacial score (nSPS) is 9.62. The molecule has 1 rings (SSSR count). The number of thiocarbonyl (C=S) groups is 1.